The van der Waals surface area contributed by atoms with Crippen LogP contribution in [0.3, 0.4) is 0 Å². The summed E-state index contributed by atoms with van der Waals surface area (Å²) in [6.07, 6.45) is 8.19. The highest BCUT2D eigenvalue weighted by atomic mass is 32.1. The Kier molecular flexibility index (Phi) is 5.57. The van der Waals surface area contributed by atoms with E-state index in [1.165, 1.54) is 36.0 Å². The van der Waals surface area contributed by atoms with Crippen LogP contribution in [-0.2, 0) is 24.1 Å². The molecule has 5 nitrogen and oxygen atoms in total. The lowest BCUT2D eigenvalue weighted by molar-refractivity contribution is -0.118. The van der Waals surface area contributed by atoms with Gasteiger partial charge < -0.3 is 10.1 Å². The number of carbonyl (C=O) groups is 1. The van der Waals surface area contributed by atoms with Crippen LogP contribution in [0.5, 0.6) is 5.88 Å². The molecule has 0 atom stereocenters. The lowest BCUT2D eigenvalue weighted by atomic mass is 10.1. The summed E-state index contributed by atoms with van der Waals surface area (Å²) in [5.74, 6) is 0.358. The second kappa shape index (κ2) is 8.27. The average molecular weight is 396 g/mol. The predicted molar refractivity (Wildman–Crippen MR) is 113 cm³/mol. The first kappa shape index (κ1) is 18.9. The van der Waals surface area contributed by atoms with Crippen molar-refractivity contribution in [3.05, 3.63) is 46.1 Å². The number of anilines is 1. The van der Waals surface area contributed by atoms with Crippen LogP contribution >= 0.6 is 11.3 Å². The summed E-state index contributed by atoms with van der Waals surface area (Å²) in [6.45, 7) is 4.03. The van der Waals surface area contributed by atoms with Crippen LogP contribution in [0.2, 0.25) is 0 Å². The number of ether oxygens (including phenoxy) is 1. The molecule has 0 fully saturated rings. The number of amides is 1. The predicted octanol–water partition coefficient (Wildman–Crippen LogP) is 4.85. The Morgan fingerprint density at radius 3 is 2.93 bits per heavy atom. The Morgan fingerprint density at radius 1 is 1.21 bits per heavy atom. The Labute approximate surface area is 169 Å². The quantitative estimate of drug-likeness (QED) is 0.627. The van der Waals surface area contributed by atoms with Crippen LogP contribution < -0.4 is 10.1 Å². The van der Waals surface area contributed by atoms with E-state index in [0.29, 0.717) is 5.88 Å². The van der Waals surface area contributed by atoms with E-state index < -0.39 is 0 Å². The fraction of sp³-hybridized carbons (Fsp3) is 0.409. The van der Waals surface area contributed by atoms with Gasteiger partial charge in [0.25, 0.3) is 5.91 Å². The van der Waals surface area contributed by atoms with E-state index in [-0.39, 0.29) is 12.5 Å². The Balaban J connectivity index is 1.53. The van der Waals surface area contributed by atoms with E-state index in [1.54, 1.807) is 11.3 Å². The van der Waals surface area contributed by atoms with Gasteiger partial charge in [-0.2, -0.15) is 0 Å². The highest BCUT2D eigenvalue weighted by Crippen LogP contribution is 2.38. The van der Waals surface area contributed by atoms with Crippen LogP contribution in [-0.4, -0.2) is 22.5 Å². The second-order valence-electron chi connectivity index (χ2n) is 7.22. The van der Waals surface area contributed by atoms with Crippen LogP contribution in [0.4, 0.5) is 5.69 Å². The maximum absolute atomic E-state index is 12.5. The summed E-state index contributed by atoms with van der Waals surface area (Å²) in [6, 6.07) is 6.06. The minimum Gasteiger partial charge on any atom is -0.467 e. The highest BCUT2D eigenvalue weighted by molar-refractivity contribution is 7.18. The molecule has 0 saturated heterocycles. The number of para-hydroxylation sites is 1. The summed E-state index contributed by atoms with van der Waals surface area (Å²) >= 11 is 1.74. The number of fused-ring (bicyclic) bond motifs is 3. The summed E-state index contributed by atoms with van der Waals surface area (Å²) < 4.78 is 5.88. The van der Waals surface area contributed by atoms with Crippen molar-refractivity contribution in [2.45, 2.75) is 52.4 Å². The van der Waals surface area contributed by atoms with Gasteiger partial charge >= 0.3 is 0 Å². The third-order valence-electron chi connectivity index (χ3n) is 5.31. The molecule has 0 unspecified atom stereocenters. The van der Waals surface area contributed by atoms with Crippen molar-refractivity contribution in [3.63, 3.8) is 0 Å². The maximum atomic E-state index is 12.5. The fourth-order valence-corrected chi connectivity index (χ4v) is 5.08. The number of carbonyl (C=O) groups excluding carboxylic acids is 1. The first-order valence-corrected chi connectivity index (χ1v) is 10.8. The first-order chi connectivity index (χ1) is 13.7. The van der Waals surface area contributed by atoms with Crippen molar-refractivity contribution in [1.29, 1.82) is 0 Å². The average Bonchev–Trinajstić information content (AvgIpc) is 2.90. The van der Waals surface area contributed by atoms with Crippen molar-refractivity contribution in [1.82, 2.24) is 9.97 Å². The minimum absolute atomic E-state index is 0.0613. The SMILES string of the molecule is CCc1cccc(C)c1NC(=O)COc1ncnc2sc3c(c12)CCCCC3. The van der Waals surface area contributed by atoms with Crippen molar-refractivity contribution in [2.75, 3.05) is 11.9 Å². The van der Waals surface area contributed by atoms with E-state index >= 15 is 0 Å². The van der Waals surface area contributed by atoms with Crippen molar-refractivity contribution >= 4 is 33.1 Å². The van der Waals surface area contributed by atoms with Gasteiger partial charge in [0.1, 0.15) is 11.2 Å². The standard InChI is InChI=1S/C22H25N3O2S/c1-3-15-9-7-8-14(2)20(15)25-18(26)12-27-21-19-16-10-5-4-6-11-17(16)28-22(19)24-13-23-21/h7-9,13H,3-6,10-12H2,1-2H3,(H,25,26). The van der Waals surface area contributed by atoms with Crippen molar-refractivity contribution < 1.29 is 9.53 Å². The van der Waals surface area contributed by atoms with Gasteiger partial charge in [-0.25, -0.2) is 9.97 Å². The lowest BCUT2D eigenvalue weighted by Gasteiger charge is -2.13. The Hall–Kier alpha value is -2.47. The molecule has 1 amide bonds. The minimum atomic E-state index is -0.169. The third-order valence-corrected chi connectivity index (χ3v) is 6.51. The molecule has 1 N–H and O–H groups in total. The number of aryl methyl sites for hydroxylation is 4. The molecule has 2 aromatic heterocycles. The van der Waals surface area contributed by atoms with Gasteiger partial charge in [-0.05, 0) is 55.7 Å². The zero-order chi connectivity index (χ0) is 19.5. The number of nitrogens with one attached hydrogen (secondary N) is 1. The van der Waals surface area contributed by atoms with Gasteiger partial charge in [0, 0.05) is 10.6 Å². The van der Waals surface area contributed by atoms with Crippen LogP contribution in [0, 0.1) is 6.92 Å². The summed E-state index contributed by atoms with van der Waals surface area (Å²) in [7, 11) is 0. The van der Waals surface area contributed by atoms with E-state index in [9.17, 15) is 4.79 Å². The summed E-state index contributed by atoms with van der Waals surface area (Å²) in [5, 5.41) is 4.01. The van der Waals surface area contributed by atoms with Gasteiger partial charge in [-0.3, -0.25) is 4.79 Å². The number of hydrogen-bond donors (Lipinski definition) is 1. The fourth-order valence-electron chi connectivity index (χ4n) is 3.86. The zero-order valence-corrected chi connectivity index (χ0v) is 17.2. The number of thiophene rings is 1. The topological polar surface area (TPSA) is 64.1 Å². The normalized spacial score (nSPS) is 13.8. The summed E-state index contributed by atoms with van der Waals surface area (Å²) in [5.41, 5.74) is 4.39. The highest BCUT2D eigenvalue weighted by Gasteiger charge is 2.20. The van der Waals surface area contributed by atoms with E-state index in [4.69, 9.17) is 4.74 Å². The second-order valence-corrected chi connectivity index (χ2v) is 8.31. The maximum Gasteiger partial charge on any atom is 0.262 e. The van der Waals surface area contributed by atoms with Gasteiger partial charge in [0.15, 0.2) is 6.61 Å². The molecule has 1 aliphatic carbocycles. The van der Waals surface area contributed by atoms with Crippen LogP contribution in [0.25, 0.3) is 10.2 Å². The molecule has 6 heteroatoms. The molecular formula is C22H25N3O2S. The smallest absolute Gasteiger partial charge is 0.262 e. The number of rotatable bonds is 5. The molecule has 0 aliphatic heterocycles. The molecule has 4 rings (SSSR count). The molecular weight excluding hydrogens is 370 g/mol. The lowest BCUT2D eigenvalue weighted by Crippen LogP contribution is -2.22. The number of hydrogen-bond acceptors (Lipinski definition) is 5. The van der Waals surface area contributed by atoms with E-state index in [1.807, 2.05) is 25.1 Å². The largest absolute Gasteiger partial charge is 0.467 e. The number of aromatic nitrogens is 2. The third kappa shape index (κ3) is 3.74. The Bertz CT molecular complexity index is 1010. The monoisotopic (exact) mass is 395 g/mol. The van der Waals surface area contributed by atoms with Gasteiger partial charge in [0.05, 0.1) is 5.39 Å². The molecule has 1 aromatic carbocycles. The van der Waals surface area contributed by atoms with Crippen molar-refractivity contribution in [3.8, 4) is 5.88 Å². The number of nitrogens with zero attached hydrogens (tertiary/aromatic N) is 2. The molecule has 1 aliphatic rings. The molecule has 0 saturated carbocycles. The van der Waals surface area contributed by atoms with Gasteiger partial charge in [-0.15, -0.1) is 11.3 Å². The van der Waals surface area contributed by atoms with Crippen molar-refractivity contribution in [2.24, 2.45) is 0 Å². The van der Waals surface area contributed by atoms with Gasteiger partial charge in [-0.1, -0.05) is 31.5 Å². The molecule has 146 valence electrons. The van der Waals surface area contributed by atoms with E-state index in [0.717, 1.165) is 46.3 Å². The molecule has 3 aromatic rings. The Morgan fingerprint density at radius 2 is 2.07 bits per heavy atom. The zero-order valence-electron chi connectivity index (χ0n) is 16.4. The van der Waals surface area contributed by atoms with E-state index in [2.05, 4.69) is 22.2 Å². The summed E-state index contributed by atoms with van der Waals surface area (Å²) in [4.78, 5) is 23.7. The molecule has 0 spiro atoms. The van der Waals surface area contributed by atoms with Gasteiger partial charge in [0.2, 0.25) is 5.88 Å². The molecule has 28 heavy (non-hydrogen) atoms. The molecule has 0 bridgehead atoms. The first-order valence-electron chi connectivity index (χ1n) is 9.93. The van der Waals surface area contributed by atoms with Crippen LogP contribution in [0.15, 0.2) is 24.5 Å². The molecule has 2 heterocycles. The van der Waals surface area contributed by atoms with Crippen LogP contribution in [0.1, 0.15) is 47.8 Å². The molecule has 0 radical (unpaired) electrons. The number of benzene rings is 1.